The summed E-state index contributed by atoms with van der Waals surface area (Å²) in [6, 6.07) is 3.59. The number of halogens is 2. The Morgan fingerprint density at radius 2 is 2.04 bits per heavy atom. The van der Waals surface area contributed by atoms with Crippen LogP contribution in [0, 0.1) is 11.6 Å². The summed E-state index contributed by atoms with van der Waals surface area (Å²) in [6.45, 7) is 5.32. The van der Waals surface area contributed by atoms with E-state index in [2.05, 4.69) is 20.1 Å². The molecular formula is C17H22F2N4O. The van der Waals surface area contributed by atoms with Gasteiger partial charge in [-0.3, -0.25) is 0 Å². The highest BCUT2D eigenvalue weighted by atomic mass is 19.2. The predicted octanol–water partition coefficient (Wildman–Crippen LogP) is 3.01. The number of nitrogens with zero attached hydrogens (tertiary/aromatic N) is 3. The lowest BCUT2D eigenvalue weighted by Gasteiger charge is -2.22. The Labute approximate surface area is 140 Å². The number of fused-ring (bicyclic) bond motifs is 1. The van der Waals surface area contributed by atoms with E-state index in [0.717, 1.165) is 43.2 Å². The molecule has 0 unspecified atom stereocenters. The molecule has 2 atom stereocenters. The van der Waals surface area contributed by atoms with Crippen molar-refractivity contribution in [2.45, 2.75) is 51.7 Å². The van der Waals surface area contributed by atoms with Crippen molar-refractivity contribution in [3.63, 3.8) is 0 Å². The monoisotopic (exact) mass is 336 g/mol. The van der Waals surface area contributed by atoms with E-state index in [0.29, 0.717) is 12.4 Å². The fraction of sp³-hybridized carbons (Fsp3) is 0.529. The molecule has 1 aliphatic rings. The van der Waals surface area contributed by atoms with E-state index in [4.69, 9.17) is 4.74 Å². The normalized spacial score (nSPS) is 16.5. The fourth-order valence-corrected chi connectivity index (χ4v) is 2.99. The van der Waals surface area contributed by atoms with Crippen LogP contribution in [0.15, 0.2) is 18.2 Å². The molecule has 3 rings (SSSR count). The van der Waals surface area contributed by atoms with Gasteiger partial charge in [0.25, 0.3) is 0 Å². The van der Waals surface area contributed by atoms with Crippen molar-refractivity contribution >= 4 is 0 Å². The van der Waals surface area contributed by atoms with E-state index in [1.165, 1.54) is 12.5 Å². The topological polar surface area (TPSA) is 52.0 Å². The molecular weight excluding hydrogens is 314 g/mol. The molecule has 1 N–H and O–H groups in total. The number of aryl methyl sites for hydroxylation is 1. The average molecular weight is 336 g/mol. The molecule has 2 aromatic rings. The summed E-state index contributed by atoms with van der Waals surface area (Å²) in [6.07, 6.45) is 3.30. The molecule has 5 nitrogen and oxygen atoms in total. The van der Waals surface area contributed by atoms with E-state index in [-0.39, 0.29) is 12.1 Å². The van der Waals surface area contributed by atoms with Gasteiger partial charge in [-0.15, -0.1) is 10.2 Å². The fourth-order valence-electron chi connectivity index (χ4n) is 2.99. The van der Waals surface area contributed by atoms with Gasteiger partial charge in [0.15, 0.2) is 11.6 Å². The third kappa shape index (κ3) is 3.72. The zero-order valence-corrected chi connectivity index (χ0v) is 13.9. The molecule has 0 aliphatic carbocycles. The Kier molecular flexibility index (Phi) is 5.08. The summed E-state index contributed by atoms with van der Waals surface area (Å²) in [7, 11) is 0. The van der Waals surface area contributed by atoms with Crippen LogP contribution >= 0.6 is 0 Å². The van der Waals surface area contributed by atoms with Crippen molar-refractivity contribution in [2.24, 2.45) is 0 Å². The van der Waals surface area contributed by atoms with Crippen LogP contribution in [0.4, 0.5) is 8.78 Å². The van der Waals surface area contributed by atoms with Gasteiger partial charge in [0.2, 0.25) is 0 Å². The van der Waals surface area contributed by atoms with Gasteiger partial charge in [0.05, 0.1) is 6.04 Å². The summed E-state index contributed by atoms with van der Waals surface area (Å²) < 4.78 is 33.8. The average Bonchev–Trinajstić information content (AvgIpc) is 3.00. The smallest absolute Gasteiger partial charge is 0.162 e. The molecule has 1 aliphatic heterocycles. The quantitative estimate of drug-likeness (QED) is 0.881. The van der Waals surface area contributed by atoms with Gasteiger partial charge in [-0.05, 0) is 38.8 Å². The first-order valence-electron chi connectivity index (χ1n) is 8.30. The minimum atomic E-state index is -0.906. The van der Waals surface area contributed by atoms with E-state index >= 15 is 0 Å². The Bertz CT molecular complexity index is 704. The van der Waals surface area contributed by atoms with Crippen LogP contribution in [0.5, 0.6) is 5.75 Å². The summed E-state index contributed by atoms with van der Waals surface area (Å²) >= 11 is 0. The van der Waals surface area contributed by atoms with Crippen LogP contribution in [0.2, 0.25) is 0 Å². The van der Waals surface area contributed by atoms with Crippen molar-refractivity contribution in [1.82, 2.24) is 20.1 Å². The van der Waals surface area contributed by atoms with Gasteiger partial charge in [0.1, 0.15) is 24.0 Å². The minimum absolute atomic E-state index is 0.0182. The van der Waals surface area contributed by atoms with Crippen molar-refractivity contribution < 1.29 is 13.5 Å². The highest BCUT2D eigenvalue weighted by Crippen LogP contribution is 2.19. The summed E-state index contributed by atoms with van der Waals surface area (Å²) in [5, 5.41) is 12.0. The zero-order valence-electron chi connectivity index (χ0n) is 13.9. The second-order valence-corrected chi connectivity index (χ2v) is 6.26. The first-order valence-corrected chi connectivity index (χ1v) is 8.30. The van der Waals surface area contributed by atoms with Crippen molar-refractivity contribution in [3.05, 3.63) is 41.5 Å². The molecule has 24 heavy (non-hydrogen) atoms. The van der Waals surface area contributed by atoms with Gasteiger partial charge in [0, 0.05) is 25.1 Å². The second kappa shape index (κ2) is 7.25. The number of aromatic nitrogens is 3. The molecule has 130 valence electrons. The highest BCUT2D eigenvalue weighted by molar-refractivity contribution is 5.23. The van der Waals surface area contributed by atoms with Crippen LogP contribution in [0.3, 0.4) is 0 Å². The number of hydrogen-bond donors (Lipinski definition) is 1. The maximum absolute atomic E-state index is 13.2. The van der Waals surface area contributed by atoms with Crippen molar-refractivity contribution in [3.8, 4) is 5.75 Å². The molecule has 0 radical (unpaired) electrons. The van der Waals surface area contributed by atoms with E-state index < -0.39 is 11.6 Å². The summed E-state index contributed by atoms with van der Waals surface area (Å²) in [5.74, 6) is 0.519. The largest absolute Gasteiger partial charge is 0.492 e. The Hall–Kier alpha value is -2.02. The predicted molar refractivity (Wildman–Crippen MR) is 85.8 cm³/mol. The molecule has 0 fully saturated rings. The lowest BCUT2D eigenvalue weighted by Crippen LogP contribution is -2.35. The van der Waals surface area contributed by atoms with Crippen LogP contribution in [-0.2, 0) is 13.0 Å². The van der Waals surface area contributed by atoms with Gasteiger partial charge in [-0.25, -0.2) is 8.78 Å². The number of ether oxygens (including phenoxy) is 1. The maximum Gasteiger partial charge on any atom is 0.162 e. The molecule has 0 bridgehead atoms. The van der Waals surface area contributed by atoms with Crippen LogP contribution in [0.1, 0.15) is 44.4 Å². The highest BCUT2D eigenvalue weighted by Gasteiger charge is 2.21. The van der Waals surface area contributed by atoms with E-state index in [1.54, 1.807) is 0 Å². The molecule has 0 amide bonds. The molecule has 2 heterocycles. The van der Waals surface area contributed by atoms with Gasteiger partial charge >= 0.3 is 0 Å². The molecule has 0 saturated heterocycles. The Morgan fingerprint density at radius 1 is 1.21 bits per heavy atom. The summed E-state index contributed by atoms with van der Waals surface area (Å²) in [4.78, 5) is 0. The van der Waals surface area contributed by atoms with E-state index in [9.17, 15) is 8.78 Å². The van der Waals surface area contributed by atoms with Gasteiger partial charge in [-0.1, -0.05) is 0 Å². The maximum atomic E-state index is 13.2. The minimum Gasteiger partial charge on any atom is -0.492 e. The molecule has 1 aromatic carbocycles. The van der Waals surface area contributed by atoms with Crippen molar-refractivity contribution in [1.29, 1.82) is 0 Å². The zero-order chi connectivity index (χ0) is 17.1. The van der Waals surface area contributed by atoms with Crippen LogP contribution in [0.25, 0.3) is 0 Å². The first kappa shape index (κ1) is 16.8. The standard InChI is InChI=1S/C17H22F2N4O/c1-11(10-24-13-6-7-14(18)15(19)9-13)20-12(2)17-22-21-16-5-3-4-8-23(16)17/h6-7,9,11-12,20H,3-5,8,10H2,1-2H3/t11-,12-/m1/s1. The van der Waals surface area contributed by atoms with Gasteiger partial charge in [-0.2, -0.15) is 0 Å². The third-order valence-electron chi connectivity index (χ3n) is 4.20. The lowest BCUT2D eigenvalue weighted by atomic mass is 10.1. The number of benzene rings is 1. The van der Waals surface area contributed by atoms with Crippen molar-refractivity contribution in [2.75, 3.05) is 6.61 Å². The summed E-state index contributed by atoms with van der Waals surface area (Å²) in [5.41, 5.74) is 0. The lowest BCUT2D eigenvalue weighted by molar-refractivity contribution is 0.259. The van der Waals surface area contributed by atoms with Gasteiger partial charge < -0.3 is 14.6 Å². The van der Waals surface area contributed by atoms with Crippen LogP contribution < -0.4 is 10.1 Å². The Morgan fingerprint density at radius 3 is 2.83 bits per heavy atom. The first-order chi connectivity index (χ1) is 11.5. The number of nitrogens with one attached hydrogen (secondary N) is 1. The van der Waals surface area contributed by atoms with Crippen LogP contribution in [-0.4, -0.2) is 27.4 Å². The molecule has 1 aromatic heterocycles. The molecule has 0 spiro atoms. The second-order valence-electron chi connectivity index (χ2n) is 6.26. The number of rotatable bonds is 6. The third-order valence-corrected chi connectivity index (χ3v) is 4.20. The molecule has 7 heteroatoms. The Balaban J connectivity index is 1.55. The SMILES string of the molecule is C[C@H](COc1ccc(F)c(F)c1)N[C@H](C)c1nnc2n1CCCC2. The molecule has 0 saturated carbocycles. The van der Waals surface area contributed by atoms with E-state index in [1.807, 2.05) is 13.8 Å². The number of hydrogen-bond acceptors (Lipinski definition) is 4.